The third kappa shape index (κ3) is 7.26. The number of nitrogens with one attached hydrogen (secondary N) is 1. The first-order valence-electron chi connectivity index (χ1n) is 14.9. The third-order valence-electron chi connectivity index (χ3n) is 8.06. The molecule has 2 aliphatic heterocycles. The van der Waals surface area contributed by atoms with Crippen molar-refractivity contribution in [3.63, 3.8) is 0 Å². The van der Waals surface area contributed by atoms with Gasteiger partial charge in [-0.3, -0.25) is 4.90 Å². The number of aromatic amines is 1. The van der Waals surface area contributed by atoms with Crippen molar-refractivity contribution < 1.29 is 18.7 Å². The number of carbonyl (C=O) groups excluding carboxylic acids is 1. The first kappa shape index (κ1) is 29.9. The molecule has 0 radical (unpaired) electrons. The van der Waals surface area contributed by atoms with Gasteiger partial charge in [0, 0.05) is 28.2 Å². The summed E-state index contributed by atoms with van der Waals surface area (Å²) in [5.74, 6) is 0.471. The number of ether oxygens (including phenoxy) is 2. The van der Waals surface area contributed by atoms with Crippen molar-refractivity contribution in [2.24, 2.45) is 0 Å². The number of hydrogen-bond donors (Lipinski definition) is 1. The molecule has 1 unspecified atom stereocenters. The summed E-state index contributed by atoms with van der Waals surface area (Å²) in [6.45, 7) is 10.6. The second-order valence-corrected chi connectivity index (χ2v) is 11.4. The maximum atomic E-state index is 13.5. The van der Waals surface area contributed by atoms with Crippen LogP contribution in [-0.4, -0.2) is 53.7 Å². The first-order chi connectivity index (χ1) is 20.4. The number of likely N-dealkylation sites (tertiary alicyclic amines) is 1. The van der Waals surface area contributed by atoms with Crippen LogP contribution in [0.1, 0.15) is 56.3 Å². The summed E-state index contributed by atoms with van der Waals surface area (Å²) < 4.78 is 25.0. The van der Waals surface area contributed by atoms with Crippen LogP contribution in [0.3, 0.4) is 0 Å². The van der Waals surface area contributed by atoms with Crippen molar-refractivity contribution in [1.29, 1.82) is 0 Å². The van der Waals surface area contributed by atoms with Crippen molar-refractivity contribution in [2.45, 2.75) is 51.5 Å². The molecule has 1 saturated heterocycles. The molecule has 8 heteroatoms. The van der Waals surface area contributed by atoms with Crippen LogP contribution in [0.25, 0.3) is 10.9 Å². The Morgan fingerprint density at radius 1 is 1.10 bits per heavy atom. The SMILES string of the molecule is C=C(/C=C\C(=C/C)C1c2[nH]c3ccc(Cl)cc3c2CCN1C(=O)Oc1ccc(F)cc1)OCCCCN1CCCCC1. The Kier molecular flexibility index (Phi) is 10.0. The van der Waals surface area contributed by atoms with E-state index in [0.29, 0.717) is 30.4 Å². The van der Waals surface area contributed by atoms with Crippen molar-refractivity contribution >= 4 is 28.6 Å². The predicted octanol–water partition coefficient (Wildman–Crippen LogP) is 8.36. The Balaban J connectivity index is 1.30. The topological polar surface area (TPSA) is 57.8 Å². The molecule has 222 valence electrons. The largest absolute Gasteiger partial charge is 0.494 e. The zero-order chi connectivity index (χ0) is 29.5. The average Bonchev–Trinajstić information content (AvgIpc) is 3.37. The van der Waals surface area contributed by atoms with E-state index in [2.05, 4.69) is 16.5 Å². The lowest BCUT2D eigenvalue weighted by Crippen LogP contribution is -2.42. The fourth-order valence-electron chi connectivity index (χ4n) is 5.87. The van der Waals surface area contributed by atoms with E-state index in [1.165, 1.54) is 56.6 Å². The second-order valence-electron chi connectivity index (χ2n) is 10.9. The smallest absolute Gasteiger partial charge is 0.416 e. The molecule has 3 aromatic rings. The van der Waals surface area contributed by atoms with Crippen molar-refractivity contribution in [3.8, 4) is 5.75 Å². The normalized spacial score (nSPS) is 17.9. The number of benzene rings is 2. The number of allylic oxidation sites excluding steroid dienone is 2. The molecule has 0 bridgehead atoms. The Morgan fingerprint density at radius 3 is 2.64 bits per heavy atom. The number of aromatic nitrogens is 1. The predicted molar refractivity (Wildman–Crippen MR) is 166 cm³/mol. The molecule has 6 nitrogen and oxygen atoms in total. The molecule has 2 aliphatic rings. The number of fused-ring (bicyclic) bond motifs is 3. The van der Waals surface area contributed by atoms with E-state index in [9.17, 15) is 9.18 Å². The average molecular weight is 592 g/mol. The molecule has 1 atom stereocenters. The molecule has 5 rings (SSSR count). The van der Waals surface area contributed by atoms with E-state index < -0.39 is 18.0 Å². The number of piperidine rings is 1. The van der Waals surface area contributed by atoms with Crippen LogP contribution in [-0.2, 0) is 11.2 Å². The summed E-state index contributed by atoms with van der Waals surface area (Å²) in [6.07, 6.45) is 12.0. The van der Waals surface area contributed by atoms with Crippen LogP contribution in [0.4, 0.5) is 9.18 Å². The molecule has 1 fully saturated rings. The van der Waals surface area contributed by atoms with E-state index in [1.54, 1.807) is 4.90 Å². The van der Waals surface area contributed by atoms with Crippen LogP contribution in [0.15, 0.2) is 78.6 Å². The molecule has 0 aliphatic carbocycles. The van der Waals surface area contributed by atoms with Crippen LogP contribution < -0.4 is 4.74 Å². The minimum Gasteiger partial charge on any atom is -0.494 e. The van der Waals surface area contributed by atoms with Crippen molar-refractivity contribution in [3.05, 3.63) is 101 Å². The van der Waals surface area contributed by atoms with Gasteiger partial charge in [-0.15, -0.1) is 0 Å². The number of unbranched alkanes of at least 4 members (excludes halogenated alkanes) is 1. The molecular formula is C34H39ClFN3O3. The molecule has 0 spiro atoms. The van der Waals surface area contributed by atoms with Crippen molar-refractivity contribution in [1.82, 2.24) is 14.8 Å². The molecule has 42 heavy (non-hydrogen) atoms. The Morgan fingerprint density at radius 2 is 1.88 bits per heavy atom. The van der Waals surface area contributed by atoms with Gasteiger partial charge in [-0.25, -0.2) is 9.18 Å². The molecular weight excluding hydrogens is 553 g/mol. The first-order valence-corrected chi connectivity index (χ1v) is 15.2. The number of H-pyrrole nitrogens is 1. The second kappa shape index (κ2) is 14.1. The minimum atomic E-state index is -0.509. The highest BCUT2D eigenvalue weighted by molar-refractivity contribution is 6.31. The van der Waals surface area contributed by atoms with Crippen molar-refractivity contribution in [2.75, 3.05) is 32.8 Å². The van der Waals surface area contributed by atoms with E-state index in [1.807, 2.05) is 43.4 Å². The molecule has 1 amide bonds. The molecule has 1 aromatic heterocycles. The van der Waals surface area contributed by atoms with Gasteiger partial charge in [0.15, 0.2) is 0 Å². The van der Waals surface area contributed by atoms with Crippen LogP contribution in [0, 0.1) is 5.82 Å². The maximum Gasteiger partial charge on any atom is 0.416 e. The summed E-state index contributed by atoms with van der Waals surface area (Å²) in [7, 11) is 0. The Labute approximate surface area is 252 Å². The lowest BCUT2D eigenvalue weighted by molar-refractivity contribution is 0.135. The molecule has 1 N–H and O–H groups in total. The van der Waals surface area contributed by atoms with Gasteiger partial charge in [-0.2, -0.15) is 0 Å². The third-order valence-corrected chi connectivity index (χ3v) is 8.29. The summed E-state index contributed by atoms with van der Waals surface area (Å²) in [5.41, 5.74) is 3.89. The molecule has 2 aromatic carbocycles. The Hall–Kier alpha value is -3.55. The van der Waals surface area contributed by atoms with Gasteiger partial charge in [0.2, 0.25) is 0 Å². The zero-order valence-electron chi connectivity index (χ0n) is 24.2. The standard InChI is InChI=1S/C34H39ClFN3O3/c1-3-25(10-9-24(2)41-22-8-7-20-38-18-5-4-6-19-38)33-32-29(30-23-26(35)11-16-31(30)37-32)17-21-39(33)34(40)42-28-14-12-27(36)13-15-28/h3,9-16,23,33,37H,2,4-8,17-22H2,1H3/b10-9-,25-3+. The van der Waals surface area contributed by atoms with Crippen LogP contribution in [0.5, 0.6) is 5.75 Å². The van der Waals surface area contributed by atoms with Gasteiger partial charge in [0.05, 0.1) is 6.61 Å². The van der Waals surface area contributed by atoms with E-state index in [0.717, 1.165) is 47.1 Å². The zero-order valence-corrected chi connectivity index (χ0v) is 25.0. The fourth-order valence-corrected chi connectivity index (χ4v) is 6.04. The van der Waals surface area contributed by atoms with Gasteiger partial charge in [-0.1, -0.05) is 36.8 Å². The monoisotopic (exact) mass is 591 g/mol. The maximum absolute atomic E-state index is 13.5. The van der Waals surface area contributed by atoms with Gasteiger partial charge >= 0.3 is 6.09 Å². The van der Waals surface area contributed by atoms with E-state index in [4.69, 9.17) is 21.1 Å². The number of halogens is 2. The highest BCUT2D eigenvalue weighted by Crippen LogP contribution is 2.40. The molecule has 3 heterocycles. The summed E-state index contributed by atoms with van der Waals surface area (Å²) in [5, 5.41) is 1.71. The van der Waals surface area contributed by atoms with Gasteiger partial charge in [-0.05, 0) is 118 Å². The number of rotatable bonds is 10. The summed E-state index contributed by atoms with van der Waals surface area (Å²) in [4.78, 5) is 21.3. The van der Waals surface area contributed by atoms with Gasteiger partial charge in [0.25, 0.3) is 0 Å². The van der Waals surface area contributed by atoms with Crippen LogP contribution in [0.2, 0.25) is 5.02 Å². The highest BCUT2D eigenvalue weighted by atomic mass is 35.5. The number of carbonyl (C=O) groups is 1. The van der Waals surface area contributed by atoms with E-state index in [-0.39, 0.29) is 5.75 Å². The summed E-state index contributed by atoms with van der Waals surface area (Å²) in [6, 6.07) is 10.8. The fraction of sp³-hybridized carbons (Fsp3) is 0.382. The lowest BCUT2D eigenvalue weighted by Gasteiger charge is -2.35. The lowest BCUT2D eigenvalue weighted by atomic mass is 9.92. The molecule has 0 saturated carbocycles. The minimum absolute atomic E-state index is 0.286. The Bertz CT molecular complexity index is 1460. The number of nitrogens with zero attached hydrogens (tertiary/aromatic N) is 2. The van der Waals surface area contributed by atoms with Gasteiger partial charge in [0.1, 0.15) is 23.4 Å². The number of amides is 1. The van der Waals surface area contributed by atoms with Gasteiger partial charge < -0.3 is 19.4 Å². The quantitative estimate of drug-likeness (QED) is 0.146. The van der Waals surface area contributed by atoms with E-state index >= 15 is 0 Å². The summed E-state index contributed by atoms with van der Waals surface area (Å²) >= 11 is 6.34. The number of hydrogen-bond acceptors (Lipinski definition) is 4. The van der Waals surface area contributed by atoms with Crippen LogP contribution >= 0.6 is 11.6 Å². The highest BCUT2D eigenvalue weighted by Gasteiger charge is 2.36.